The molecule has 0 aliphatic carbocycles. The topological polar surface area (TPSA) is 134 Å². The highest BCUT2D eigenvalue weighted by Crippen LogP contribution is 2.29. The number of primary amides is 1. The number of benzene rings is 2. The fraction of sp³-hybridized carbons (Fsp3) is 0.419. The van der Waals surface area contributed by atoms with E-state index >= 15 is 0 Å². The lowest BCUT2D eigenvalue weighted by atomic mass is 10.0. The first-order valence-electron chi connectivity index (χ1n) is 14.3. The molecule has 1 aromatic heterocycles. The van der Waals surface area contributed by atoms with Crippen LogP contribution in [0.15, 0.2) is 55.0 Å². The third-order valence-electron chi connectivity index (χ3n) is 8.07. The number of likely N-dealkylation sites (tertiary alicyclic amines) is 1. The smallest absolute Gasteiger partial charge is 0.242 e. The average molecular weight is 575 g/mol. The summed E-state index contributed by atoms with van der Waals surface area (Å²) < 4.78 is 11.8. The number of piperazine rings is 1. The fourth-order valence-corrected chi connectivity index (χ4v) is 5.74. The number of piperidine rings is 1. The van der Waals surface area contributed by atoms with Crippen molar-refractivity contribution in [2.45, 2.75) is 44.8 Å². The van der Waals surface area contributed by atoms with Crippen LogP contribution >= 0.6 is 0 Å². The molecule has 0 radical (unpaired) electrons. The Balaban J connectivity index is 1.17. The van der Waals surface area contributed by atoms with Gasteiger partial charge in [0.25, 0.3) is 0 Å². The van der Waals surface area contributed by atoms with Crippen molar-refractivity contribution >= 4 is 23.4 Å². The van der Waals surface area contributed by atoms with Crippen molar-refractivity contribution in [3.05, 3.63) is 71.8 Å². The number of amides is 3. The number of rotatable bonds is 9. The number of carbonyl (C=O) groups excluding carboxylic acids is 3. The molecular weight excluding hydrogens is 536 g/mol. The maximum Gasteiger partial charge on any atom is 0.242 e. The number of imidazole rings is 1. The standard InChI is InChI=1S/C31H38N6O5/c1-21-5-3-4-6-26(21)36-13-14-37(27(19-36)31(32)40)30(39)15-22-7-8-25(17-28(22)41-2)42-24-9-11-35(12-10-24)29(38)16-23-18-33-20-34-23/h3-8,17-18,20,24,27H,9-16,19H2,1-2H3,(H2,32,40)(H,33,34). The Bertz CT molecular complexity index is 1400. The summed E-state index contributed by atoms with van der Waals surface area (Å²) in [6.45, 7) is 4.62. The maximum absolute atomic E-state index is 13.4. The summed E-state index contributed by atoms with van der Waals surface area (Å²) in [6, 6.07) is 12.7. The van der Waals surface area contributed by atoms with Crippen molar-refractivity contribution in [1.29, 1.82) is 0 Å². The Morgan fingerprint density at radius 3 is 2.50 bits per heavy atom. The number of aryl methyl sites for hydroxylation is 1. The fourth-order valence-electron chi connectivity index (χ4n) is 5.74. The summed E-state index contributed by atoms with van der Waals surface area (Å²) in [5.41, 5.74) is 9.35. The van der Waals surface area contributed by atoms with Gasteiger partial charge in [-0.3, -0.25) is 14.4 Å². The van der Waals surface area contributed by atoms with Crippen molar-refractivity contribution in [2.75, 3.05) is 44.7 Å². The lowest BCUT2D eigenvalue weighted by molar-refractivity contribution is -0.139. The second-order valence-electron chi connectivity index (χ2n) is 10.8. The first-order valence-corrected chi connectivity index (χ1v) is 14.3. The van der Waals surface area contributed by atoms with Gasteiger partial charge < -0.3 is 34.9 Å². The molecule has 2 aliphatic heterocycles. The summed E-state index contributed by atoms with van der Waals surface area (Å²) in [6.07, 6.45) is 5.08. The molecule has 3 aromatic rings. The van der Waals surface area contributed by atoms with Gasteiger partial charge in [-0.15, -0.1) is 0 Å². The lowest BCUT2D eigenvalue weighted by Crippen LogP contribution is -2.60. The molecular formula is C31H38N6O5. The van der Waals surface area contributed by atoms with Crippen LogP contribution in [0.4, 0.5) is 5.69 Å². The second kappa shape index (κ2) is 13.0. The van der Waals surface area contributed by atoms with Crippen molar-refractivity contribution in [1.82, 2.24) is 19.8 Å². The number of H-pyrrole nitrogens is 1. The highest BCUT2D eigenvalue weighted by atomic mass is 16.5. The van der Waals surface area contributed by atoms with Gasteiger partial charge in [-0.05, 0) is 24.6 Å². The van der Waals surface area contributed by atoms with Gasteiger partial charge in [0.2, 0.25) is 17.7 Å². The quantitative estimate of drug-likeness (QED) is 0.400. The molecule has 42 heavy (non-hydrogen) atoms. The number of anilines is 1. The van der Waals surface area contributed by atoms with Crippen LogP contribution in [0.25, 0.3) is 0 Å². The van der Waals surface area contributed by atoms with E-state index in [4.69, 9.17) is 15.2 Å². The Hall–Kier alpha value is -4.54. The van der Waals surface area contributed by atoms with E-state index in [1.807, 2.05) is 48.2 Å². The highest BCUT2D eigenvalue weighted by molar-refractivity contribution is 5.89. The van der Waals surface area contributed by atoms with Crippen LogP contribution in [0, 0.1) is 6.92 Å². The van der Waals surface area contributed by atoms with E-state index in [1.54, 1.807) is 30.6 Å². The molecule has 0 spiro atoms. The minimum absolute atomic E-state index is 0.0301. The number of hydrogen-bond acceptors (Lipinski definition) is 7. The molecule has 2 fully saturated rings. The van der Waals surface area contributed by atoms with Gasteiger partial charge in [0.15, 0.2) is 0 Å². The molecule has 0 bridgehead atoms. The highest BCUT2D eigenvalue weighted by Gasteiger charge is 2.35. The van der Waals surface area contributed by atoms with Crippen molar-refractivity contribution in [3.63, 3.8) is 0 Å². The molecule has 1 unspecified atom stereocenters. The minimum atomic E-state index is -0.725. The molecule has 3 amide bonds. The summed E-state index contributed by atoms with van der Waals surface area (Å²) in [7, 11) is 1.56. The van der Waals surface area contributed by atoms with Crippen molar-refractivity contribution in [2.24, 2.45) is 5.73 Å². The van der Waals surface area contributed by atoms with Crippen LogP contribution in [-0.4, -0.2) is 89.5 Å². The van der Waals surface area contributed by atoms with Crippen LogP contribution in [0.5, 0.6) is 11.5 Å². The van der Waals surface area contributed by atoms with Gasteiger partial charge >= 0.3 is 0 Å². The van der Waals surface area contributed by atoms with E-state index in [2.05, 4.69) is 14.9 Å². The minimum Gasteiger partial charge on any atom is -0.496 e. The van der Waals surface area contributed by atoms with Gasteiger partial charge in [0, 0.05) is 69.1 Å². The Labute approximate surface area is 245 Å². The van der Waals surface area contributed by atoms with Crippen molar-refractivity contribution < 1.29 is 23.9 Å². The van der Waals surface area contributed by atoms with Gasteiger partial charge in [0.1, 0.15) is 23.6 Å². The first-order chi connectivity index (χ1) is 20.3. The van der Waals surface area contributed by atoms with E-state index in [-0.39, 0.29) is 30.8 Å². The van der Waals surface area contributed by atoms with E-state index in [0.29, 0.717) is 49.8 Å². The molecule has 222 valence electrons. The number of hydrogen-bond donors (Lipinski definition) is 2. The third kappa shape index (κ3) is 6.67. The summed E-state index contributed by atoms with van der Waals surface area (Å²) in [4.78, 5) is 50.9. The maximum atomic E-state index is 13.4. The molecule has 5 rings (SSSR count). The number of nitrogens with one attached hydrogen (secondary N) is 1. The molecule has 2 aromatic carbocycles. The zero-order chi connectivity index (χ0) is 29.6. The number of para-hydroxylation sites is 1. The number of aromatic amines is 1. The summed E-state index contributed by atoms with van der Waals surface area (Å²) >= 11 is 0. The number of aromatic nitrogens is 2. The number of ether oxygens (including phenoxy) is 2. The van der Waals surface area contributed by atoms with Crippen LogP contribution in [-0.2, 0) is 27.2 Å². The number of methoxy groups -OCH3 is 1. The first kappa shape index (κ1) is 29.0. The Kier molecular flexibility index (Phi) is 8.94. The predicted octanol–water partition coefficient (Wildman–Crippen LogP) is 2.08. The molecule has 11 nitrogen and oxygen atoms in total. The van der Waals surface area contributed by atoms with E-state index in [1.165, 1.54) is 0 Å². The van der Waals surface area contributed by atoms with Gasteiger partial charge in [0.05, 0.1) is 32.0 Å². The van der Waals surface area contributed by atoms with E-state index in [9.17, 15) is 14.4 Å². The van der Waals surface area contributed by atoms with E-state index < -0.39 is 11.9 Å². The number of carbonyl (C=O) groups is 3. The molecule has 3 N–H and O–H groups in total. The lowest BCUT2D eigenvalue weighted by Gasteiger charge is -2.41. The number of nitrogens with zero attached hydrogens (tertiary/aromatic N) is 4. The van der Waals surface area contributed by atoms with Crippen LogP contribution in [0.1, 0.15) is 29.7 Å². The largest absolute Gasteiger partial charge is 0.496 e. The van der Waals surface area contributed by atoms with Gasteiger partial charge in [-0.2, -0.15) is 0 Å². The SMILES string of the molecule is COc1cc(OC2CCN(C(=O)Cc3c[nH]cn3)CC2)ccc1CC(=O)N1CCN(c2ccccc2C)CC1C(N)=O. The Morgan fingerprint density at radius 2 is 1.81 bits per heavy atom. The van der Waals surface area contributed by atoms with Crippen LogP contribution < -0.4 is 20.1 Å². The monoisotopic (exact) mass is 574 g/mol. The average Bonchev–Trinajstić information content (AvgIpc) is 3.51. The van der Waals surface area contributed by atoms with Crippen molar-refractivity contribution in [3.8, 4) is 11.5 Å². The Morgan fingerprint density at radius 1 is 1.02 bits per heavy atom. The van der Waals surface area contributed by atoms with Crippen LogP contribution in [0.3, 0.4) is 0 Å². The molecule has 3 heterocycles. The molecule has 2 saturated heterocycles. The molecule has 1 atom stereocenters. The third-order valence-corrected chi connectivity index (χ3v) is 8.07. The summed E-state index contributed by atoms with van der Waals surface area (Å²) in [5, 5.41) is 0. The second-order valence-corrected chi connectivity index (χ2v) is 10.8. The zero-order valence-corrected chi connectivity index (χ0v) is 24.1. The zero-order valence-electron chi connectivity index (χ0n) is 24.1. The van der Waals surface area contributed by atoms with Crippen LogP contribution in [0.2, 0.25) is 0 Å². The molecule has 0 saturated carbocycles. The summed E-state index contributed by atoms with van der Waals surface area (Å²) in [5.74, 6) is 0.549. The van der Waals surface area contributed by atoms with E-state index in [0.717, 1.165) is 29.8 Å². The van der Waals surface area contributed by atoms with Gasteiger partial charge in [-0.25, -0.2) is 4.98 Å². The number of nitrogens with two attached hydrogens (primary N) is 1. The normalized spacial score (nSPS) is 17.7. The molecule has 2 aliphatic rings. The van der Waals surface area contributed by atoms with Gasteiger partial charge in [-0.1, -0.05) is 24.3 Å². The predicted molar refractivity (Wildman–Crippen MR) is 157 cm³/mol. The molecule has 11 heteroatoms.